The van der Waals surface area contributed by atoms with Crippen LogP contribution in [0.15, 0.2) is 12.4 Å². The van der Waals surface area contributed by atoms with E-state index in [0.717, 1.165) is 18.4 Å². The van der Waals surface area contributed by atoms with Crippen LogP contribution in [0, 0.1) is 5.92 Å². The van der Waals surface area contributed by atoms with Crippen molar-refractivity contribution in [3.63, 3.8) is 0 Å². The molecule has 16 heavy (non-hydrogen) atoms. The van der Waals surface area contributed by atoms with Gasteiger partial charge in [-0.25, -0.2) is 0 Å². The van der Waals surface area contributed by atoms with Crippen LogP contribution >= 0.6 is 0 Å². The number of carbonyl (C=O) groups excluding carboxylic acids is 1. The highest BCUT2D eigenvalue weighted by Crippen LogP contribution is 2.10. The lowest BCUT2D eigenvalue weighted by molar-refractivity contribution is -0.119. The van der Waals surface area contributed by atoms with E-state index in [1.165, 1.54) is 0 Å². The molecule has 1 heterocycles. The average Bonchev–Trinajstić information content (AvgIpc) is 2.69. The van der Waals surface area contributed by atoms with Crippen LogP contribution in [0.3, 0.4) is 0 Å². The molecule has 0 aliphatic rings. The van der Waals surface area contributed by atoms with Crippen molar-refractivity contribution in [3.05, 3.63) is 18.0 Å². The molecule has 1 aromatic heterocycles. The predicted molar refractivity (Wildman–Crippen MR) is 64.0 cm³/mol. The van der Waals surface area contributed by atoms with Gasteiger partial charge in [-0.15, -0.1) is 0 Å². The molecular formula is C12H21N3O. The summed E-state index contributed by atoms with van der Waals surface area (Å²) < 4.78 is 1.76. The van der Waals surface area contributed by atoms with Crippen molar-refractivity contribution in [2.45, 2.75) is 32.6 Å². The van der Waals surface area contributed by atoms with Gasteiger partial charge in [0.2, 0.25) is 0 Å². The Morgan fingerprint density at radius 1 is 1.62 bits per heavy atom. The Balaban J connectivity index is 2.30. The first-order valence-electron chi connectivity index (χ1n) is 5.85. The van der Waals surface area contributed by atoms with E-state index < -0.39 is 0 Å². The number of hydrogen-bond acceptors (Lipinski definition) is 3. The van der Waals surface area contributed by atoms with Gasteiger partial charge in [0, 0.05) is 26.1 Å². The summed E-state index contributed by atoms with van der Waals surface area (Å²) >= 11 is 0. The number of aromatic nitrogens is 2. The zero-order chi connectivity index (χ0) is 12.0. The van der Waals surface area contributed by atoms with Gasteiger partial charge in [0.25, 0.3) is 0 Å². The monoisotopic (exact) mass is 223 g/mol. The molecule has 0 spiro atoms. The Hall–Kier alpha value is -1.16. The topological polar surface area (TPSA) is 60.9 Å². The van der Waals surface area contributed by atoms with E-state index in [1.807, 2.05) is 19.4 Å². The summed E-state index contributed by atoms with van der Waals surface area (Å²) in [6, 6.07) is 0. The van der Waals surface area contributed by atoms with Gasteiger partial charge in [-0.05, 0) is 24.4 Å². The Morgan fingerprint density at radius 2 is 2.38 bits per heavy atom. The van der Waals surface area contributed by atoms with E-state index in [-0.39, 0.29) is 0 Å². The lowest BCUT2D eigenvalue weighted by atomic mass is 9.97. The van der Waals surface area contributed by atoms with Crippen molar-refractivity contribution in [2.24, 2.45) is 18.7 Å². The first-order chi connectivity index (χ1) is 7.65. The maximum Gasteiger partial charge on any atom is 0.133 e. The van der Waals surface area contributed by atoms with Crippen molar-refractivity contribution >= 4 is 5.78 Å². The van der Waals surface area contributed by atoms with Crippen molar-refractivity contribution in [1.82, 2.24) is 9.78 Å². The van der Waals surface area contributed by atoms with Gasteiger partial charge in [0.15, 0.2) is 0 Å². The quantitative estimate of drug-likeness (QED) is 0.758. The third-order valence-corrected chi connectivity index (χ3v) is 2.88. The molecule has 0 radical (unpaired) electrons. The van der Waals surface area contributed by atoms with Crippen molar-refractivity contribution < 1.29 is 4.79 Å². The normalized spacial score (nSPS) is 12.7. The van der Waals surface area contributed by atoms with Crippen LogP contribution < -0.4 is 5.73 Å². The van der Waals surface area contributed by atoms with E-state index in [4.69, 9.17) is 5.73 Å². The lowest BCUT2D eigenvalue weighted by Crippen LogP contribution is -2.17. The van der Waals surface area contributed by atoms with Crippen molar-refractivity contribution in [1.29, 1.82) is 0 Å². The molecular weight excluding hydrogens is 202 g/mol. The van der Waals surface area contributed by atoms with Crippen LogP contribution in [-0.4, -0.2) is 22.1 Å². The SMILES string of the molecule is CCC(CN)CC(=O)CCc1cnn(C)c1. The van der Waals surface area contributed by atoms with Gasteiger partial charge in [-0.2, -0.15) is 5.10 Å². The number of Topliss-reactive ketones (excluding diaryl/α,β-unsaturated/α-hetero) is 1. The molecule has 0 saturated carbocycles. The highest BCUT2D eigenvalue weighted by Gasteiger charge is 2.10. The molecule has 4 nitrogen and oxygen atoms in total. The minimum atomic E-state index is 0.307. The third-order valence-electron chi connectivity index (χ3n) is 2.88. The molecule has 2 N–H and O–H groups in total. The zero-order valence-electron chi connectivity index (χ0n) is 10.1. The average molecular weight is 223 g/mol. The smallest absolute Gasteiger partial charge is 0.133 e. The molecule has 0 aliphatic heterocycles. The minimum Gasteiger partial charge on any atom is -0.330 e. The molecule has 0 saturated heterocycles. The number of rotatable bonds is 7. The maximum atomic E-state index is 11.7. The molecule has 0 amide bonds. The first-order valence-corrected chi connectivity index (χ1v) is 5.85. The van der Waals surface area contributed by atoms with E-state index in [0.29, 0.717) is 31.1 Å². The van der Waals surface area contributed by atoms with Crippen LogP contribution in [0.25, 0.3) is 0 Å². The fraction of sp³-hybridized carbons (Fsp3) is 0.667. The largest absolute Gasteiger partial charge is 0.330 e. The summed E-state index contributed by atoms with van der Waals surface area (Å²) in [5.74, 6) is 0.655. The highest BCUT2D eigenvalue weighted by atomic mass is 16.1. The predicted octanol–water partition coefficient (Wildman–Crippen LogP) is 1.30. The second-order valence-corrected chi connectivity index (χ2v) is 4.28. The molecule has 4 heteroatoms. The molecule has 1 unspecified atom stereocenters. The van der Waals surface area contributed by atoms with Crippen LogP contribution in [-0.2, 0) is 18.3 Å². The Labute approximate surface area is 96.8 Å². The number of aryl methyl sites for hydroxylation is 2. The van der Waals surface area contributed by atoms with Crippen LogP contribution in [0.2, 0.25) is 0 Å². The Bertz CT molecular complexity index is 329. The third kappa shape index (κ3) is 4.14. The molecule has 1 atom stereocenters. The number of hydrogen-bond donors (Lipinski definition) is 1. The van der Waals surface area contributed by atoms with Gasteiger partial charge in [-0.1, -0.05) is 13.3 Å². The van der Waals surface area contributed by atoms with Gasteiger partial charge in [-0.3, -0.25) is 9.48 Å². The van der Waals surface area contributed by atoms with Crippen LogP contribution in [0.1, 0.15) is 31.7 Å². The van der Waals surface area contributed by atoms with E-state index in [2.05, 4.69) is 12.0 Å². The molecule has 90 valence electrons. The second-order valence-electron chi connectivity index (χ2n) is 4.28. The molecule has 1 rings (SSSR count). The molecule has 0 aliphatic carbocycles. The maximum absolute atomic E-state index is 11.7. The fourth-order valence-electron chi connectivity index (χ4n) is 1.70. The zero-order valence-corrected chi connectivity index (χ0v) is 10.1. The summed E-state index contributed by atoms with van der Waals surface area (Å²) in [4.78, 5) is 11.7. The number of carbonyl (C=O) groups is 1. The van der Waals surface area contributed by atoms with E-state index >= 15 is 0 Å². The van der Waals surface area contributed by atoms with Gasteiger partial charge in [0.05, 0.1) is 6.20 Å². The van der Waals surface area contributed by atoms with E-state index in [9.17, 15) is 4.79 Å². The fourth-order valence-corrected chi connectivity index (χ4v) is 1.70. The first kappa shape index (κ1) is 12.9. The highest BCUT2D eigenvalue weighted by molar-refractivity contribution is 5.78. The molecule has 0 fully saturated rings. The molecule has 0 bridgehead atoms. The van der Waals surface area contributed by atoms with Crippen LogP contribution in [0.5, 0.6) is 0 Å². The summed E-state index contributed by atoms with van der Waals surface area (Å²) in [6.45, 7) is 2.68. The van der Waals surface area contributed by atoms with Crippen molar-refractivity contribution in [2.75, 3.05) is 6.54 Å². The summed E-state index contributed by atoms with van der Waals surface area (Å²) in [5, 5.41) is 4.07. The summed E-state index contributed by atoms with van der Waals surface area (Å²) in [5.41, 5.74) is 6.70. The molecule has 1 aromatic rings. The van der Waals surface area contributed by atoms with Crippen molar-refractivity contribution in [3.8, 4) is 0 Å². The van der Waals surface area contributed by atoms with E-state index in [1.54, 1.807) is 4.68 Å². The number of ketones is 1. The summed E-state index contributed by atoms with van der Waals surface area (Å²) in [7, 11) is 1.88. The lowest BCUT2D eigenvalue weighted by Gasteiger charge is -2.10. The number of nitrogens with zero attached hydrogens (tertiary/aromatic N) is 2. The standard InChI is InChI=1S/C12H21N3O/c1-3-10(7-13)6-12(16)5-4-11-8-14-15(2)9-11/h8-10H,3-7,13H2,1-2H3. The molecule has 0 aromatic carbocycles. The Kier molecular flexibility index (Phi) is 5.19. The minimum absolute atomic E-state index is 0.307. The van der Waals surface area contributed by atoms with Crippen LogP contribution in [0.4, 0.5) is 0 Å². The second kappa shape index (κ2) is 6.43. The van der Waals surface area contributed by atoms with Gasteiger partial charge in [0.1, 0.15) is 5.78 Å². The number of nitrogens with two attached hydrogens (primary N) is 1. The van der Waals surface area contributed by atoms with Gasteiger partial charge < -0.3 is 5.73 Å². The summed E-state index contributed by atoms with van der Waals surface area (Å²) in [6.07, 6.45) is 6.75. The Morgan fingerprint density at radius 3 is 2.88 bits per heavy atom. The van der Waals surface area contributed by atoms with Gasteiger partial charge >= 0.3 is 0 Å².